The molecule has 2 unspecified atom stereocenters. The van der Waals surface area contributed by atoms with E-state index in [-0.39, 0.29) is 33.5 Å². The number of aliphatic hydroxyl groups is 1. The summed E-state index contributed by atoms with van der Waals surface area (Å²) < 4.78 is 68.0. The van der Waals surface area contributed by atoms with Gasteiger partial charge < -0.3 is 20.6 Å². The number of alkyl halides is 3. The maximum atomic E-state index is 14.1. The summed E-state index contributed by atoms with van der Waals surface area (Å²) in [5.74, 6) is -3.60. The van der Waals surface area contributed by atoms with Gasteiger partial charge in [0.25, 0.3) is 11.8 Å². The van der Waals surface area contributed by atoms with Crippen LogP contribution >= 0.6 is 11.6 Å². The summed E-state index contributed by atoms with van der Waals surface area (Å²) in [5.41, 5.74) is -0.816. The van der Waals surface area contributed by atoms with E-state index in [0.717, 1.165) is 12.1 Å². The summed E-state index contributed by atoms with van der Waals surface area (Å²) in [4.78, 5) is 31.5. The zero-order valence-corrected chi connectivity index (χ0v) is 21.1. The van der Waals surface area contributed by atoms with E-state index in [0.29, 0.717) is 23.3 Å². The third kappa shape index (κ3) is 5.15. The Balaban J connectivity index is 1.65. The van der Waals surface area contributed by atoms with Crippen molar-refractivity contribution in [1.82, 2.24) is 10.2 Å². The maximum absolute atomic E-state index is 14.1. The van der Waals surface area contributed by atoms with Gasteiger partial charge >= 0.3 is 6.18 Å². The highest BCUT2D eigenvalue weighted by molar-refractivity contribution is 6.31. The van der Waals surface area contributed by atoms with Crippen LogP contribution in [0.2, 0.25) is 5.02 Å². The third-order valence-electron chi connectivity index (χ3n) is 6.38. The normalized spacial score (nSPS) is 18.4. The average Bonchev–Trinajstić information content (AvgIpc) is 3.22. The second-order valence-electron chi connectivity index (χ2n) is 9.11. The lowest BCUT2D eigenvalue weighted by Gasteiger charge is -2.24. The molecule has 0 aromatic heterocycles. The van der Waals surface area contributed by atoms with Gasteiger partial charge in [-0.05, 0) is 54.1 Å². The van der Waals surface area contributed by atoms with E-state index in [4.69, 9.17) is 11.6 Å². The second kappa shape index (κ2) is 10.0. The number of aliphatic hydroxyl groups excluding tert-OH is 1. The molecule has 2 heterocycles. The number of amides is 2. The van der Waals surface area contributed by atoms with Crippen LogP contribution in [-0.2, 0) is 6.18 Å². The van der Waals surface area contributed by atoms with E-state index >= 15 is 0 Å². The van der Waals surface area contributed by atoms with Gasteiger partial charge in [-0.15, -0.1) is 0 Å². The van der Waals surface area contributed by atoms with Crippen molar-refractivity contribution in [3.8, 4) is 0 Å². The van der Waals surface area contributed by atoms with Gasteiger partial charge in [-0.25, -0.2) is 13.8 Å². The number of hydrogen-bond donors (Lipinski definition) is 3. The van der Waals surface area contributed by atoms with E-state index in [9.17, 15) is 36.6 Å². The quantitative estimate of drug-likeness (QED) is 0.365. The van der Waals surface area contributed by atoms with Crippen LogP contribution < -0.4 is 10.6 Å². The Hall–Kier alpha value is -4.29. The number of benzene rings is 3. The molecule has 0 radical (unpaired) electrons. The Morgan fingerprint density at radius 1 is 1.10 bits per heavy atom. The largest absolute Gasteiger partial charge is 0.416 e. The fourth-order valence-corrected chi connectivity index (χ4v) is 4.70. The Bertz CT molecular complexity index is 1620. The van der Waals surface area contributed by atoms with Crippen LogP contribution in [0.3, 0.4) is 0 Å². The molecule has 206 valence electrons. The van der Waals surface area contributed by atoms with Crippen LogP contribution in [0.25, 0.3) is 5.57 Å². The smallest absolute Gasteiger partial charge is 0.355 e. The molecule has 2 atom stereocenters. The summed E-state index contributed by atoms with van der Waals surface area (Å²) in [7, 11) is 1.55. The van der Waals surface area contributed by atoms with Crippen LogP contribution in [0.5, 0.6) is 0 Å². The highest BCUT2D eigenvalue weighted by atomic mass is 35.5. The number of allylic oxidation sites excluding steroid dienone is 1. The van der Waals surface area contributed by atoms with Gasteiger partial charge in [0.15, 0.2) is 0 Å². The number of hydrogen-bond acceptors (Lipinski definition) is 5. The molecule has 0 bridgehead atoms. The molecule has 0 saturated carbocycles. The van der Waals surface area contributed by atoms with Crippen molar-refractivity contribution in [2.24, 2.45) is 4.99 Å². The Labute approximate surface area is 228 Å². The number of halogens is 6. The third-order valence-corrected chi connectivity index (χ3v) is 6.72. The van der Waals surface area contributed by atoms with E-state index in [2.05, 4.69) is 15.6 Å². The second-order valence-corrected chi connectivity index (χ2v) is 9.52. The minimum Gasteiger partial charge on any atom is -0.355 e. The zero-order valence-electron chi connectivity index (χ0n) is 20.4. The highest BCUT2D eigenvalue weighted by Gasteiger charge is 2.36. The summed E-state index contributed by atoms with van der Waals surface area (Å²) in [6, 6.07) is 6.81. The van der Waals surface area contributed by atoms with Crippen molar-refractivity contribution in [3.63, 3.8) is 0 Å². The fraction of sp³-hybridized carbons (Fsp3) is 0.148. The predicted molar refractivity (Wildman–Crippen MR) is 137 cm³/mol. The van der Waals surface area contributed by atoms with Crippen molar-refractivity contribution in [2.75, 3.05) is 12.4 Å². The summed E-state index contributed by atoms with van der Waals surface area (Å²) >= 11 is 6.30. The lowest BCUT2D eigenvalue weighted by Crippen LogP contribution is -2.27. The van der Waals surface area contributed by atoms with Crippen LogP contribution in [0.1, 0.15) is 49.0 Å². The van der Waals surface area contributed by atoms with Crippen LogP contribution in [0.15, 0.2) is 59.7 Å². The summed E-state index contributed by atoms with van der Waals surface area (Å²) in [6.07, 6.45) is -3.18. The number of nitrogens with one attached hydrogen (secondary N) is 2. The summed E-state index contributed by atoms with van der Waals surface area (Å²) in [6.45, 7) is 0. The number of aliphatic imine (C=N–C) groups is 1. The number of nitrogens with zero attached hydrogens (tertiary/aromatic N) is 2. The first-order chi connectivity index (χ1) is 18.8. The van der Waals surface area contributed by atoms with Crippen molar-refractivity contribution in [2.45, 2.75) is 18.6 Å². The van der Waals surface area contributed by atoms with Gasteiger partial charge in [-0.2, -0.15) is 13.2 Å². The van der Waals surface area contributed by atoms with Crippen LogP contribution in [-0.4, -0.2) is 41.4 Å². The van der Waals surface area contributed by atoms with Crippen LogP contribution in [0.4, 0.5) is 27.6 Å². The molecule has 0 spiro atoms. The molecule has 5 rings (SSSR count). The van der Waals surface area contributed by atoms with Gasteiger partial charge in [0.1, 0.15) is 11.6 Å². The predicted octanol–water partition coefficient (Wildman–Crippen LogP) is 5.36. The number of carbonyl (C=O) groups excluding carboxylic acids is 2. The SMILES string of the molecule is CN1C=C(c2cc(NC(=O)c3cc(F)cc(C(F)(F)F)c3)c3c(c2)C(=O)NC3c2cc(F)ccc2Cl)C=NC1O. The molecule has 2 aliphatic rings. The molecule has 3 aromatic rings. The molecule has 40 heavy (non-hydrogen) atoms. The monoisotopic (exact) mass is 576 g/mol. The Morgan fingerprint density at radius 2 is 1.85 bits per heavy atom. The van der Waals surface area contributed by atoms with E-state index < -0.39 is 53.1 Å². The van der Waals surface area contributed by atoms with Crippen molar-refractivity contribution < 1.29 is 36.6 Å². The van der Waals surface area contributed by atoms with Crippen LogP contribution in [0, 0.1) is 11.6 Å². The van der Waals surface area contributed by atoms with Crippen molar-refractivity contribution >= 4 is 40.9 Å². The Morgan fingerprint density at radius 3 is 2.55 bits per heavy atom. The van der Waals surface area contributed by atoms with Gasteiger partial charge in [0.05, 0.1) is 11.6 Å². The lowest BCUT2D eigenvalue weighted by atomic mass is 9.92. The number of fused-ring (bicyclic) bond motifs is 1. The minimum absolute atomic E-state index is 0.0259. The molecular weight excluding hydrogens is 559 g/mol. The zero-order chi connectivity index (χ0) is 28.9. The number of anilines is 1. The molecule has 2 amide bonds. The van der Waals surface area contributed by atoms with Crippen molar-refractivity contribution in [3.05, 3.63) is 105 Å². The van der Waals surface area contributed by atoms with Gasteiger partial charge in [-0.1, -0.05) is 11.6 Å². The molecule has 7 nitrogen and oxygen atoms in total. The molecule has 0 fully saturated rings. The van der Waals surface area contributed by atoms with E-state index in [1.54, 1.807) is 7.05 Å². The number of carbonyl (C=O) groups is 2. The molecule has 3 aromatic carbocycles. The first-order valence-corrected chi connectivity index (χ1v) is 12.0. The molecule has 3 N–H and O–H groups in total. The maximum Gasteiger partial charge on any atom is 0.416 e. The van der Waals surface area contributed by atoms with Gasteiger partial charge in [0.2, 0.25) is 6.35 Å². The van der Waals surface area contributed by atoms with Gasteiger partial charge in [-0.3, -0.25) is 9.59 Å². The minimum atomic E-state index is -4.91. The Kier molecular flexibility index (Phi) is 6.84. The highest BCUT2D eigenvalue weighted by Crippen LogP contribution is 2.41. The topological polar surface area (TPSA) is 94.0 Å². The van der Waals surface area contributed by atoms with E-state index in [1.807, 2.05) is 0 Å². The summed E-state index contributed by atoms with van der Waals surface area (Å²) in [5, 5.41) is 15.1. The average molecular weight is 577 g/mol. The standard InChI is InChI=1S/C27H18ClF5N4O3/c1-37-11-14(10-34-26(37)40)12-6-19-22(23(36-25(19)39)18-9-16(29)2-3-20(18)28)21(7-12)35-24(38)13-4-15(27(31,32)33)8-17(30)5-13/h2-11,23,26,40H,1H3,(H,35,38)(H,36,39). The molecule has 2 aliphatic heterocycles. The first kappa shape index (κ1) is 27.3. The lowest BCUT2D eigenvalue weighted by molar-refractivity contribution is -0.137. The molecule has 13 heteroatoms. The number of rotatable bonds is 4. The van der Waals surface area contributed by atoms with Crippen molar-refractivity contribution in [1.29, 1.82) is 0 Å². The van der Waals surface area contributed by atoms with Gasteiger partial charge in [0, 0.05) is 58.0 Å². The van der Waals surface area contributed by atoms with E-state index in [1.165, 1.54) is 35.5 Å². The molecular formula is C27H18ClF5N4O3. The first-order valence-electron chi connectivity index (χ1n) is 11.6. The molecule has 0 aliphatic carbocycles. The fourth-order valence-electron chi connectivity index (χ4n) is 4.47. The molecule has 0 saturated heterocycles.